The summed E-state index contributed by atoms with van der Waals surface area (Å²) in [6.45, 7) is 0.685. The molecule has 0 spiro atoms. The standard InChI is InChI=1S/C7H12N4O/c1-8-4-5-3-6(11-10-5)7(12)9-2/h3,8H,4H2,1-2H3,(H,9,12)(H,10,11). The van der Waals surface area contributed by atoms with Gasteiger partial charge in [0.1, 0.15) is 5.69 Å². The van der Waals surface area contributed by atoms with Crippen molar-refractivity contribution in [1.29, 1.82) is 0 Å². The molecule has 5 heteroatoms. The van der Waals surface area contributed by atoms with E-state index in [2.05, 4.69) is 20.8 Å². The van der Waals surface area contributed by atoms with Crippen molar-refractivity contribution in [2.45, 2.75) is 6.54 Å². The largest absolute Gasteiger partial charge is 0.354 e. The molecule has 0 aliphatic carbocycles. The van der Waals surface area contributed by atoms with Crippen LogP contribution in [0, 0.1) is 0 Å². The third kappa shape index (κ3) is 1.82. The maximum absolute atomic E-state index is 11.0. The van der Waals surface area contributed by atoms with E-state index in [0.717, 1.165) is 5.69 Å². The monoisotopic (exact) mass is 168 g/mol. The molecule has 3 N–H and O–H groups in total. The first-order valence-electron chi connectivity index (χ1n) is 3.69. The number of nitrogens with zero attached hydrogens (tertiary/aromatic N) is 1. The zero-order chi connectivity index (χ0) is 8.97. The van der Waals surface area contributed by atoms with Gasteiger partial charge in [-0.1, -0.05) is 0 Å². The van der Waals surface area contributed by atoms with Crippen LogP contribution in [0.1, 0.15) is 16.2 Å². The van der Waals surface area contributed by atoms with E-state index >= 15 is 0 Å². The Labute approximate surface area is 70.5 Å². The second-order valence-electron chi connectivity index (χ2n) is 2.39. The molecule has 66 valence electrons. The van der Waals surface area contributed by atoms with Crippen LogP contribution in [0.25, 0.3) is 0 Å². The average molecular weight is 168 g/mol. The van der Waals surface area contributed by atoms with Crippen LogP contribution in [-0.4, -0.2) is 30.2 Å². The number of hydrogen-bond donors (Lipinski definition) is 3. The minimum atomic E-state index is -0.173. The normalized spacial score (nSPS) is 9.83. The van der Waals surface area contributed by atoms with Gasteiger partial charge in [-0.15, -0.1) is 0 Å². The molecule has 1 heterocycles. The maximum Gasteiger partial charge on any atom is 0.271 e. The van der Waals surface area contributed by atoms with Gasteiger partial charge in [0.15, 0.2) is 0 Å². The molecule has 0 radical (unpaired) electrons. The van der Waals surface area contributed by atoms with Crippen molar-refractivity contribution in [1.82, 2.24) is 20.8 Å². The van der Waals surface area contributed by atoms with Crippen LogP contribution in [0.2, 0.25) is 0 Å². The summed E-state index contributed by atoms with van der Waals surface area (Å²) >= 11 is 0. The summed E-state index contributed by atoms with van der Waals surface area (Å²) in [6.07, 6.45) is 0. The molecule has 0 saturated heterocycles. The van der Waals surface area contributed by atoms with Crippen LogP contribution >= 0.6 is 0 Å². The molecule has 0 unspecified atom stereocenters. The second kappa shape index (κ2) is 3.87. The van der Waals surface area contributed by atoms with E-state index in [4.69, 9.17) is 0 Å². The highest BCUT2D eigenvalue weighted by molar-refractivity contribution is 5.92. The number of hydrogen-bond acceptors (Lipinski definition) is 3. The summed E-state index contributed by atoms with van der Waals surface area (Å²) in [4.78, 5) is 11.0. The van der Waals surface area contributed by atoms with E-state index in [1.54, 1.807) is 13.1 Å². The van der Waals surface area contributed by atoms with E-state index < -0.39 is 0 Å². The summed E-state index contributed by atoms with van der Waals surface area (Å²) in [5.74, 6) is -0.173. The van der Waals surface area contributed by atoms with E-state index in [-0.39, 0.29) is 5.91 Å². The lowest BCUT2D eigenvalue weighted by Crippen LogP contribution is -2.18. The molecule has 0 saturated carbocycles. The number of nitrogens with one attached hydrogen (secondary N) is 3. The van der Waals surface area contributed by atoms with E-state index in [1.807, 2.05) is 7.05 Å². The third-order valence-electron chi connectivity index (χ3n) is 1.46. The highest BCUT2D eigenvalue weighted by Crippen LogP contribution is 1.98. The van der Waals surface area contributed by atoms with Gasteiger partial charge >= 0.3 is 0 Å². The zero-order valence-corrected chi connectivity index (χ0v) is 7.14. The third-order valence-corrected chi connectivity index (χ3v) is 1.46. The minimum absolute atomic E-state index is 0.173. The van der Waals surface area contributed by atoms with Gasteiger partial charge in [0.2, 0.25) is 0 Å². The topological polar surface area (TPSA) is 69.8 Å². The molecule has 0 aliphatic heterocycles. The fourth-order valence-corrected chi connectivity index (χ4v) is 0.887. The first-order valence-corrected chi connectivity index (χ1v) is 3.69. The van der Waals surface area contributed by atoms with E-state index in [0.29, 0.717) is 12.2 Å². The highest BCUT2D eigenvalue weighted by Gasteiger charge is 2.06. The molecule has 1 aromatic heterocycles. The van der Waals surface area contributed by atoms with Gasteiger partial charge < -0.3 is 10.6 Å². The Balaban J connectivity index is 2.70. The van der Waals surface area contributed by atoms with Crippen molar-refractivity contribution in [3.63, 3.8) is 0 Å². The fourth-order valence-electron chi connectivity index (χ4n) is 0.887. The van der Waals surface area contributed by atoms with Crippen LogP contribution in [-0.2, 0) is 6.54 Å². The Kier molecular flexibility index (Phi) is 2.82. The molecule has 0 bridgehead atoms. The van der Waals surface area contributed by atoms with E-state index in [9.17, 15) is 4.79 Å². The van der Waals surface area contributed by atoms with Gasteiger partial charge in [0.05, 0.1) is 0 Å². The number of carbonyl (C=O) groups is 1. The predicted molar refractivity (Wildman–Crippen MR) is 44.7 cm³/mol. The Morgan fingerprint density at radius 3 is 3.00 bits per heavy atom. The smallest absolute Gasteiger partial charge is 0.271 e. The number of aromatic amines is 1. The lowest BCUT2D eigenvalue weighted by Gasteiger charge is -1.91. The molecular formula is C7H12N4O. The Bertz CT molecular complexity index is 268. The summed E-state index contributed by atoms with van der Waals surface area (Å²) in [5, 5.41) is 12.0. The Morgan fingerprint density at radius 1 is 1.67 bits per heavy atom. The van der Waals surface area contributed by atoms with Crippen LogP contribution in [0.5, 0.6) is 0 Å². The molecule has 1 aromatic rings. The molecule has 0 aliphatic rings. The summed E-state index contributed by atoms with van der Waals surface area (Å²) in [5.41, 5.74) is 1.32. The first kappa shape index (κ1) is 8.73. The van der Waals surface area contributed by atoms with Crippen molar-refractivity contribution < 1.29 is 4.79 Å². The number of rotatable bonds is 3. The molecule has 0 atom stereocenters. The SMILES string of the molecule is CNCc1cc(C(=O)NC)n[nH]1. The van der Waals surface area contributed by atoms with Crippen LogP contribution in [0.15, 0.2) is 6.07 Å². The Hall–Kier alpha value is -1.36. The summed E-state index contributed by atoms with van der Waals surface area (Å²) in [6, 6.07) is 1.72. The summed E-state index contributed by atoms with van der Waals surface area (Å²) in [7, 11) is 3.41. The van der Waals surface area contributed by atoms with Crippen molar-refractivity contribution in [3.8, 4) is 0 Å². The lowest BCUT2D eigenvalue weighted by molar-refractivity contribution is 0.0958. The number of amides is 1. The minimum Gasteiger partial charge on any atom is -0.354 e. The van der Waals surface area contributed by atoms with Crippen molar-refractivity contribution in [2.75, 3.05) is 14.1 Å². The van der Waals surface area contributed by atoms with Crippen LogP contribution in [0.4, 0.5) is 0 Å². The van der Waals surface area contributed by atoms with Crippen molar-refractivity contribution in [3.05, 3.63) is 17.5 Å². The van der Waals surface area contributed by atoms with Gasteiger partial charge in [-0.25, -0.2) is 0 Å². The second-order valence-corrected chi connectivity index (χ2v) is 2.39. The van der Waals surface area contributed by atoms with Crippen molar-refractivity contribution in [2.24, 2.45) is 0 Å². The summed E-state index contributed by atoms with van der Waals surface area (Å²) < 4.78 is 0. The maximum atomic E-state index is 11.0. The molecular weight excluding hydrogens is 156 g/mol. The quantitative estimate of drug-likeness (QED) is 0.569. The lowest BCUT2D eigenvalue weighted by atomic mass is 10.3. The molecule has 0 aromatic carbocycles. The number of aromatic nitrogens is 2. The zero-order valence-electron chi connectivity index (χ0n) is 7.14. The molecule has 1 amide bonds. The van der Waals surface area contributed by atoms with Gasteiger partial charge in [-0.2, -0.15) is 5.10 Å². The molecule has 0 fully saturated rings. The van der Waals surface area contributed by atoms with Gasteiger partial charge in [-0.3, -0.25) is 9.89 Å². The molecule has 1 rings (SSSR count). The van der Waals surface area contributed by atoms with Crippen LogP contribution in [0.3, 0.4) is 0 Å². The van der Waals surface area contributed by atoms with Crippen LogP contribution < -0.4 is 10.6 Å². The molecule has 12 heavy (non-hydrogen) atoms. The predicted octanol–water partition coefficient (Wildman–Crippen LogP) is -0.511. The first-order chi connectivity index (χ1) is 5.77. The van der Waals surface area contributed by atoms with Gasteiger partial charge in [0.25, 0.3) is 5.91 Å². The van der Waals surface area contributed by atoms with Gasteiger partial charge in [-0.05, 0) is 13.1 Å². The van der Waals surface area contributed by atoms with Crippen molar-refractivity contribution >= 4 is 5.91 Å². The number of carbonyl (C=O) groups excluding carboxylic acids is 1. The average Bonchev–Trinajstić information content (AvgIpc) is 2.52. The van der Waals surface area contributed by atoms with Gasteiger partial charge in [0, 0.05) is 19.3 Å². The number of H-pyrrole nitrogens is 1. The Morgan fingerprint density at radius 2 is 2.42 bits per heavy atom. The fraction of sp³-hybridized carbons (Fsp3) is 0.429. The highest BCUT2D eigenvalue weighted by atomic mass is 16.1. The molecule has 5 nitrogen and oxygen atoms in total. The van der Waals surface area contributed by atoms with E-state index in [1.165, 1.54) is 0 Å².